The average Bonchev–Trinajstić information content (AvgIpc) is 3.27. The minimum absolute atomic E-state index is 0.0307. The zero-order valence-corrected chi connectivity index (χ0v) is 20.7. The molecule has 1 fully saturated rings. The van der Waals surface area contributed by atoms with E-state index in [-0.39, 0.29) is 19.0 Å². The number of esters is 2. The molecule has 1 aliphatic rings. The molecule has 1 aliphatic heterocycles. The molecule has 3 aromatic rings. The van der Waals surface area contributed by atoms with Gasteiger partial charge in [-0.25, -0.2) is 0 Å². The van der Waals surface area contributed by atoms with Crippen LogP contribution in [0.15, 0.2) is 84.9 Å². The summed E-state index contributed by atoms with van der Waals surface area (Å²) in [6.07, 6.45) is -1.99. The van der Waals surface area contributed by atoms with Gasteiger partial charge < -0.3 is 14.2 Å². The third-order valence-electron chi connectivity index (χ3n) is 6.56. The van der Waals surface area contributed by atoms with E-state index >= 15 is 0 Å². The number of hydrogen-bond donors (Lipinski definition) is 0. The van der Waals surface area contributed by atoms with E-state index in [0.29, 0.717) is 16.7 Å². The highest BCUT2D eigenvalue weighted by molar-refractivity contribution is 6.10. The zero-order chi connectivity index (χ0) is 25.7. The van der Waals surface area contributed by atoms with Gasteiger partial charge in [0.1, 0.15) is 6.10 Å². The topological polar surface area (TPSA) is 78.9 Å². The van der Waals surface area contributed by atoms with Crippen molar-refractivity contribution in [2.75, 3.05) is 13.2 Å². The fraction of sp³-hybridized carbons (Fsp3) is 0.300. The fourth-order valence-corrected chi connectivity index (χ4v) is 4.91. The molecule has 3 atom stereocenters. The molecule has 0 unspecified atom stereocenters. The number of rotatable bonds is 8. The monoisotopic (exact) mass is 486 g/mol. The maximum absolute atomic E-state index is 14.3. The number of carbonyl (C=O) groups is 3. The maximum Gasteiger partial charge on any atom is 0.327 e. The van der Waals surface area contributed by atoms with Crippen molar-refractivity contribution in [3.63, 3.8) is 0 Å². The van der Waals surface area contributed by atoms with Gasteiger partial charge in [-0.2, -0.15) is 0 Å². The predicted octanol–water partition coefficient (Wildman–Crippen LogP) is 5.42. The summed E-state index contributed by atoms with van der Waals surface area (Å²) in [4.78, 5) is 42.0. The van der Waals surface area contributed by atoms with Crippen LogP contribution in [-0.2, 0) is 23.8 Å². The minimum Gasteiger partial charge on any atom is -0.465 e. The molecule has 0 amide bonds. The molecule has 0 spiro atoms. The van der Waals surface area contributed by atoms with E-state index in [4.69, 9.17) is 14.2 Å². The van der Waals surface area contributed by atoms with Gasteiger partial charge in [0.05, 0.1) is 25.2 Å². The van der Waals surface area contributed by atoms with Crippen LogP contribution in [0.5, 0.6) is 0 Å². The number of carbonyl (C=O) groups excluding carboxylic acids is 3. The van der Waals surface area contributed by atoms with Crippen molar-refractivity contribution in [2.24, 2.45) is 11.3 Å². The van der Waals surface area contributed by atoms with E-state index in [0.717, 1.165) is 5.56 Å². The van der Waals surface area contributed by atoms with Gasteiger partial charge in [0.15, 0.2) is 5.78 Å². The van der Waals surface area contributed by atoms with Crippen molar-refractivity contribution in [1.29, 1.82) is 0 Å². The average molecular weight is 487 g/mol. The van der Waals surface area contributed by atoms with Crippen LogP contribution in [0.3, 0.4) is 0 Å². The number of ketones is 1. The fourth-order valence-electron chi connectivity index (χ4n) is 4.91. The molecule has 0 aliphatic carbocycles. The van der Waals surface area contributed by atoms with Gasteiger partial charge in [-0.3, -0.25) is 14.4 Å². The lowest BCUT2D eigenvalue weighted by Gasteiger charge is -2.33. The highest BCUT2D eigenvalue weighted by atomic mass is 16.6. The highest BCUT2D eigenvalue weighted by Crippen LogP contribution is 2.59. The lowest BCUT2D eigenvalue weighted by atomic mass is 9.66. The molecule has 0 N–H and O–H groups in total. The Morgan fingerprint density at radius 1 is 0.750 bits per heavy atom. The first-order valence-corrected chi connectivity index (χ1v) is 12.2. The quantitative estimate of drug-likeness (QED) is 0.240. The van der Waals surface area contributed by atoms with Gasteiger partial charge in [-0.05, 0) is 31.9 Å². The van der Waals surface area contributed by atoms with E-state index in [1.807, 2.05) is 55.5 Å². The molecule has 0 aromatic heterocycles. The summed E-state index contributed by atoms with van der Waals surface area (Å²) in [7, 11) is 0. The largest absolute Gasteiger partial charge is 0.465 e. The SMILES string of the molecule is CCOC(=O)C1(C(=O)OCC)[C@@H](c2ccccc2)O[C@@H](c2ccccc2)[C@H]1C(=O)c1ccc(C)cc1. The third-order valence-corrected chi connectivity index (χ3v) is 6.56. The summed E-state index contributed by atoms with van der Waals surface area (Å²) in [5.41, 5.74) is 0.577. The predicted molar refractivity (Wildman–Crippen MR) is 134 cm³/mol. The summed E-state index contributed by atoms with van der Waals surface area (Å²) < 4.78 is 17.5. The Morgan fingerprint density at radius 3 is 1.75 bits per heavy atom. The molecule has 0 radical (unpaired) electrons. The van der Waals surface area contributed by atoms with Gasteiger partial charge in [0.2, 0.25) is 5.41 Å². The molecule has 3 aromatic carbocycles. The lowest BCUT2D eigenvalue weighted by Crippen LogP contribution is -2.51. The summed E-state index contributed by atoms with van der Waals surface area (Å²) in [5, 5.41) is 0. The van der Waals surface area contributed by atoms with Crippen molar-refractivity contribution < 1.29 is 28.6 Å². The zero-order valence-electron chi connectivity index (χ0n) is 20.7. The first-order chi connectivity index (χ1) is 17.4. The first kappa shape index (κ1) is 25.3. The summed E-state index contributed by atoms with van der Waals surface area (Å²) in [6, 6.07) is 25.2. The Kier molecular flexibility index (Phi) is 7.65. The maximum atomic E-state index is 14.3. The molecule has 1 saturated heterocycles. The first-order valence-electron chi connectivity index (χ1n) is 12.2. The second kappa shape index (κ2) is 10.9. The summed E-state index contributed by atoms with van der Waals surface area (Å²) >= 11 is 0. The molecule has 186 valence electrons. The summed E-state index contributed by atoms with van der Waals surface area (Å²) in [5.74, 6) is -3.27. The van der Waals surface area contributed by atoms with Gasteiger partial charge in [0, 0.05) is 5.56 Å². The van der Waals surface area contributed by atoms with E-state index in [2.05, 4.69) is 0 Å². The van der Waals surface area contributed by atoms with Crippen LogP contribution in [0.1, 0.15) is 53.1 Å². The highest BCUT2D eigenvalue weighted by Gasteiger charge is 2.70. The van der Waals surface area contributed by atoms with Crippen LogP contribution in [-0.4, -0.2) is 30.9 Å². The van der Waals surface area contributed by atoms with E-state index in [9.17, 15) is 14.4 Å². The van der Waals surface area contributed by atoms with Gasteiger partial charge in [-0.15, -0.1) is 0 Å². The normalized spacial score (nSPS) is 20.5. The van der Waals surface area contributed by atoms with Gasteiger partial charge in [-0.1, -0.05) is 90.5 Å². The van der Waals surface area contributed by atoms with E-state index in [1.165, 1.54) is 0 Å². The van der Waals surface area contributed by atoms with Crippen molar-refractivity contribution in [1.82, 2.24) is 0 Å². The Labute approximate surface area is 211 Å². The Morgan fingerprint density at radius 2 is 1.25 bits per heavy atom. The number of Topliss-reactive ketones (excluding diaryl/α,β-unsaturated/α-hetero) is 1. The molecule has 6 nitrogen and oxygen atoms in total. The molecule has 36 heavy (non-hydrogen) atoms. The number of hydrogen-bond acceptors (Lipinski definition) is 6. The molecule has 0 bridgehead atoms. The van der Waals surface area contributed by atoms with Crippen molar-refractivity contribution in [3.8, 4) is 0 Å². The van der Waals surface area contributed by atoms with Crippen LogP contribution in [0.4, 0.5) is 0 Å². The number of aryl methyl sites for hydroxylation is 1. The van der Waals surface area contributed by atoms with Crippen molar-refractivity contribution in [3.05, 3.63) is 107 Å². The Balaban J connectivity index is 2.01. The molecule has 0 saturated carbocycles. The molecular formula is C30H30O6. The number of benzene rings is 3. The van der Waals surface area contributed by atoms with Gasteiger partial charge in [0.25, 0.3) is 0 Å². The third kappa shape index (κ3) is 4.44. The van der Waals surface area contributed by atoms with Crippen LogP contribution in [0, 0.1) is 18.3 Å². The smallest absolute Gasteiger partial charge is 0.327 e. The molecule has 1 heterocycles. The van der Waals surface area contributed by atoms with Crippen LogP contribution in [0.25, 0.3) is 0 Å². The summed E-state index contributed by atoms with van der Waals surface area (Å²) in [6.45, 7) is 5.31. The number of ether oxygens (including phenoxy) is 3. The Hall–Kier alpha value is -3.77. The second-order valence-corrected chi connectivity index (χ2v) is 8.78. The van der Waals surface area contributed by atoms with E-state index < -0.39 is 35.5 Å². The van der Waals surface area contributed by atoms with Gasteiger partial charge >= 0.3 is 11.9 Å². The van der Waals surface area contributed by atoms with E-state index in [1.54, 1.807) is 50.2 Å². The van der Waals surface area contributed by atoms with Crippen LogP contribution < -0.4 is 0 Å². The standard InChI is InChI=1S/C30H30O6/c1-4-34-28(32)30(29(33)35-5-2)24(25(31)21-18-16-20(3)17-19-21)26(22-12-8-6-9-13-22)36-27(30)23-14-10-7-11-15-23/h6-19,24,26-27H,4-5H2,1-3H3/t24-,26+,27-/m1/s1. The van der Waals surface area contributed by atoms with Crippen molar-refractivity contribution >= 4 is 17.7 Å². The second-order valence-electron chi connectivity index (χ2n) is 8.78. The lowest BCUT2D eigenvalue weighted by molar-refractivity contribution is -0.178. The molecular weight excluding hydrogens is 456 g/mol. The molecule has 4 rings (SSSR count). The Bertz CT molecular complexity index is 1190. The molecule has 6 heteroatoms. The van der Waals surface area contributed by atoms with Crippen molar-refractivity contribution in [2.45, 2.75) is 33.0 Å². The van der Waals surface area contributed by atoms with Crippen LogP contribution in [0.2, 0.25) is 0 Å². The minimum atomic E-state index is -2.05. The van der Waals surface area contributed by atoms with Crippen LogP contribution >= 0.6 is 0 Å².